The highest BCUT2D eigenvalue weighted by Gasteiger charge is 2.16. The van der Waals surface area contributed by atoms with E-state index in [4.69, 9.17) is 4.74 Å². The summed E-state index contributed by atoms with van der Waals surface area (Å²) in [5, 5.41) is 0. The van der Waals surface area contributed by atoms with Crippen LogP contribution in [0.3, 0.4) is 0 Å². The van der Waals surface area contributed by atoms with E-state index in [2.05, 4.69) is 11.8 Å². The largest absolute Gasteiger partial charge is 0.463 e. The lowest BCUT2D eigenvalue weighted by Gasteiger charge is -2.31. The lowest BCUT2D eigenvalue weighted by atomic mass is 10.3. The maximum Gasteiger partial charge on any atom is 0.330 e. The average molecular weight is 229 g/mol. The van der Waals surface area contributed by atoms with Gasteiger partial charge in [0.05, 0.1) is 6.61 Å². The monoisotopic (exact) mass is 229 g/mol. The smallest absolute Gasteiger partial charge is 0.330 e. The molecule has 0 bridgehead atoms. The van der Waals surface area contributed by atoms with Gasteiger partial charge in [0.25, 0.3) is 0 Å². The van der Waals surface area contributed by atoms with Gasteiger partial charge in [0.1, 0.15) is 0 Å². The molecule has 0 saturated carbocycles. The normalized spacial score (nSPS) is 23.2. The van der Waals surface area contributed by atoms with E-state index in [1.54, 1.807) is 0 Å². The Balaban J connectivity index is 2.25. The van der Waals surface area contributed by atoms with E-state index < -0.39 is 0 Å². The lowest BCUT2D eigenvalue weighted by molar-refractivity contribution is -0.137. The van der Waals surface area contributed by atoms with Crippen molar-refractivity contribution in [1.29, 1.82) is 0 Å². The molecule has 1 saturated heterocycles. The van der Waals surface area contributed by atoms with E-state index in [1.165, 1.54) is 17.6 Å². The summed E-state index contributed by atoms with van der Waals surface area (Å²) in [5.41, 5.74) is 0. The fraction of sp³-hybridized carbons (Fsp3) is 0.727. The number of ether oxygens (including phenoxy) is 1. The van der Waals surface area contributed by atoms with Gasteiger partial charge in [-0.1, -0.05) is 6.08 Å². The highest BCUT2D eigenvalue weighted by molar-refractivity contribution is 7.99. The first-order valence-corrected chi connectivity index (χ1v) is 6.54. The van der Waals surface area contributed by atoms with Gasteiger partial charge in [-0.2, -0.15) is 11.8 Å². The summed E-state index contributed by atoms with van der Waals surface area (Å²) in [6, 6.07) is 0.607. The molecular formula is C11H19NO2S. The fourth-order valence-corrected chi connectivity index (χ4v) is 2.59. The van der Waals surface area contributed by atoms with Crippen LogP contribution in [0.4, 0.5) is 0 Å². The van der Waals surface area contributed by atoms with Crippen molar-refractivity contribution in [1.82, 2.24) is 4.90 Å². The van der Waals surface area contributed by atoms with Crippen LogP contribution in [-0.4, -0.2) is 48.1 Å². The fourth-order valence-electron chi connectivity index (χ4n) is 1.51. The highest BCUT2D eigenvalue weighted by Crippen LogP contribution is 2.15. The number of rotatable bonds is 4. The summed E-state index contributed by atoms with van der Waals surface area (Å²) in [6.07, 6.45) is 3.42. The zero-order valence-electron chi connectivity index (χ0n) is 9.44. The number of nitrogens with zero attached hydrogens (tertiary/aromatic N) is 1. The van der Waals surface area contributed by atoms with Crippen molar-refractivity contribution < 1.29 is 9.53 Å². The third-order valence-corrected chi connectivity index (χ3v) is 3.58. The first-order chi connectivity index (χ1) is 7.24. The Morgan fingerprint density at radius 3 is 3.13 bits per heavy atom. The summed E-state index contributed by atoms with van der Waals surface area (Å²) in [5.74, 6) is 2.14. The molecule has 86 valence electrons. The molecule has 1 aliphatic rings. The first-order valence-electron chi connectivity index (χ1n) is 5.39. The van der Waals surface area contributed by atoms with E-state index in [-0.39, 0.29) is 5.97 Å². The van der Waals surface area contributed by atoms with Crippen LogP contribution in [-0.2, 0) is 9.53 Å². The molecule has 1 fully saturated rings. The predicted molar refractivity (Wildman–Crippen MR) is 64.1 cm³/mol. The summed E-state index contributed by atoms with van der Waals surface area (Å²) in [7, 11) is 0. The molecule has 0 radical (unpaired) electrons. The maximum atomic E-state index is 11.0. The lowest BCUT2D eigenvalue weighted by Crippen LogP contribution is -2.40. The maximum absolute atomic E-state index is 11.0. The van der Waals surface area contributed by atoms with Crippen LogP contribution in [0.5, 0.6) is 0 Å². The van der Waals surface area contributed by atoms with Crippen molar-refractivity contribution in [3.8, 4) is 0 Å². The molecule has 0 amide bonds. The second-order valence-electron chi connectivity index (χ2n) is 3.57. The van der Waals surface area contributed by atoms with E-state index in [0.29, 0.717) is 12.6 Å². The molecule has 0 aromatic carbocycles. The second kappa shape index (κ2) is 6.90. The van der Waals surface area contributed by atoms with Crippen molar-refractivity contribution in [2.75, 3.05) is 31.2 Å². The highest BCUT2D eigenvalue weighted by atomic mass is 32.2. The van der Waals surface area contributed by atoms with Crippen LogP contribution >= 0.6 is 11.8 Å². The minimum Gasteiger partial charge on any atom is -0.463 e. The van der Waals surface area contributed by atoms with Gasteiger partial charge < -0.3 is 4.74 Å². The molecule has 0 N–H and O–H groups in total. The van der Waals surface area contributed by atoms with Crippen LogP contribution in [0.25, 0.3) is 0 Å². The quantitative estimate of drug-likeness (QED) is 0.540. The second-order valence-corrected chi connectivity index (χ2v) is 4.72. The number of carbonyl (C=O) groups excluding carboxylic acids is 1. The van der Waals surface area contributed by atoms with Crippen LogP contribution in [0.15, 0.2) is 12.2 Å². The van der Waals surface area contributed by atoms with Crippen molar-refractivity contribution >= 4 is 17.7 Å². The van der Waals surface area contributed by atoms with E-state index in [9.17, 15) is 4.79 Å². The third-order valence-electron chi connectivity index (χ3n) is 2.39. The molecule has 1 atom stereocenters. The summed E-state index contributed by atoms with van der Waals surface area (Å²) >= 11 is 2.00. The van der Waals surface area contributed by atoms with Gasteiger partial charge in [0.15, 0.2) is 0 Å². The standard InChI is InChI=1S/C11H19NO2S/c1-3-14-11(13)5-4-6-12-7-8-15-9-10(12)2/h4-5,10H,3,6-9H2,1-2H3/b5-4+. The first kappa shape index (κ1) is 12.6. The molecule has 0 aliphatic carbocycles. The number of hydrogen-bond donors (Lipinski definition) is 0. The Labute approximate surface area is 95.9 Å². The summed E-state index contributed by atoms with van der Waals surface area (Å²) in [4.78, 5) is 13.4. The van der Waals surface area contributed by atoms with Crippen LogP contribution in [0.1, 0.15) is 13.8 Å². The van der Waals surface area contributed by atoms with Crippen molar-refractivity contribution in [3.63, 3.8) is 0 Å². The minimum atomic E-state index is -0.239. The third kappa shape index (κ3) is 4.71. The van der Waals surface area contributed by atoms with Gasteiger partial charge in [0.2, 0.25) is 0 Å². The van der Waals surface area contributed by atoms with Crippen LogP contribution < -0.4 is 0 Å². The Bertz CT molecular complexity index is 231. The number of hydrogen-bond acceptors (Lipinski definition) is 4. The molecule has 1 unspecified atom stereocenters. The van der Waals surface area contributed by atoms with E-state index in [1.807, 2.05) is 24.8 Å². The van der Waals surface area contributed by atoms with Gasteiger partial charge in [-0.25, -0.2) is 4.79 Å². The number of esters is 1. The molecule has 4 heteroatoms. The van der Waals surface area contributed by atoms with Crippen LogP contribution in [0, 0.1) is 0 Å². The minimum absolute atomic E-state index is 0.239. The summed E-state index contributed by atoms with van der Waals surface area (Å²) < 4.78 is 4.81. The molecule has 0 aromatic heterocycles. The number of thioether (sulfide) groups is 1. The average Bonchev–Trinajstić information content (AvgIpc) is 2.21. The van der Waals surface area contributed by atoms with Gasteiger partial charge >= 0.3 is 5.97 Å². The SMILES string of the molecule is CCOC(=O)/C=C/CN1CCSCC1C. The van der Waals surface area contributed by atoms with Crippen molar-refractivity contribution in [2.24, 2.45) is 0 Å². The molecule has 0 spiro atoms. The van der Waals surface area contributed by atoms with Gasteiger partial charge in [-0.3, -0.25) is 4.90 Å². The zero-order valence-corrected chi connectivity index (χ0v) is 10.3. The molecular weight excluding hydrogens is 210 g/mol. The topological polar surface area (TPSA) is 29.5 Å². The zero-order chi connectivity index (χ0) is 11.1. The van der Waals surface area contributed by atoms with E-state index >= 15 is 0 Å². The molecule has 1 aliphatic heterocycles. The molecule has 0 aromatic rings. The molecule has 1 heterocycles. The Kier molecular flexibility index (Phi) is 5.79. The van der Waals surface area contributed by atoms with E-state index in [0.717, 1.165) is 13.1 Å². The predicted octanol–water partition coefficient (Wildman–Crippen LogP) is 1.54. The van der Waals surface area contributed by atoms with Gasteiger partial charge in [-0.05, 0) is 13.8 Å². The Morgan fingerprint density at radius 2 is 2.47 bits per heavy atom. The Hall–Kier alpha value is -0.480. The molecule has 1 rings (SSSR count). The van der Waals surface area contributed by atoms with Crippen molar-refractivity contribution in [3.05, 3.63) is 12.2 Å². The summed E-state index contributed by atoms with van der Waals surface area (Å²) in [6.45, 7) is 6.44. The van der Waals surface area contributed by atoms with Gasteiger partial charge in [0, 0.05) is 36.7 Å². The van der Waals surface area contributed by atoms with Gasteiger partial charge in [-0.15, -0.1) is 0 Å². The number of carbonyl (C=O) groups is 1. The molecule has 3 nitrogen and oxygen atoms in total. The van der Waals surface area contributed by atoms with Crippen LogP contribution in [0.2, 0.25) is 0 Å². The molecule has 15 heavy (non-hydrogen) atoms. The Morgan fingerprint density at radius 1 is 1.67 bits per heavy atom. The van der Waals surface area contributed by atoms with Crippen molar-refractivity contribution in [2.45, 2.75) is 19.9 Å².